The molecule has 2 aromatic rings. The highest BCUT2D eigenvalue weighted by atomic mass is 32.2. The molecule has 0 saturated carbocycles. The molecular weight excluding hydrogens is 234 g/mol. The van der Waals surface area contributed by atoms with E-state index in [1.807, 2.05) is 37.3 Å². The Morgan fingerprint density at radius 1 is 1.29 bits per heavy atom. The molecule has 1 N–H and O–H groups in total. The van der Waals surface area contributed by atoms with Crippen LogP contribution in [0, 0.1) is 6.92 Å². The predicted molar refractivity (Wildman–Crippen MR) is 66.5 cm³/mol. The fourth-order valence-corrected chi connectivity index (χ4v) is 2.32. The summed E-state index contributed by atoms with van der Waals surface area (Å²) in [6.07, 6.45) is 1.52. The SMILES string of the molecule is Cc1ccccc1Sc1ccnc(C(=O)O)c1. The van der Waals surface area contributed by atoms with Crippen molar-refractivity contribution in [3.63, 3.8) is 0 Å². The van der Waals surface area contributed by atoms with Gasteiger partial charge in [-0.05, 0) is 30.7 Å². The van der Waals surface area contributed by atoms with E-state index in [0.29, 0.717) is 0 Å². The van der Waals surface area contributed by atoms with Crippen LogP contribution in [0.1, 0.15) is 16.1 Å². The lowest BCUT2D eigenvalue weighted by Crippen LogP contribution is -1.99. The Balaban J connectivity index is 2.28. The normalized spacial score (nSPS) is 10.2. The van der Waals surface area contributed by atoms with Gasteiger partial charge in [0, 0.05) is 16.0 Å². The molecule has 1 heterocycles. The van der Waals surface area contributed by atoms with Crippen molar-refractivity contribution in [1.82, 2.24) is 4.98 Å². The first-order valence-electron chi connectivity index (χ1n) is 5.09. The topological polar surface area (TPSA) is 50.2 Å². The van der Waals surface area contributed by atoms with Crippen LogP contribution in [-0.4, -0.2) is 16.1 Å². The van der Waals surface area contributed by atoms with Gasteiger partial charge in [-0.25, -0.2) is 9.78 Å². The number of hydrogen-bond donors (Lipinski definition) is 1. The van der Waals surface area contributed by atoms with Crippen molar-refractivity contribution in [2.24, 2.45) is 0 Å². The number of carboxylic acids is 1. The number of benzene rings is 1. The summed E-state index contributed by atoms with van der Waals surface area (Å²) in [5.41, 5.74) is 1.25. The number of carboxylic acid groups (broad SMARTS) is 1. The van der Waals surface area contributed by atoms with E-state index in [2.05, 4.69) is 4.98 Å². The Kier molecular flexibility index (Phi) is 3.44. The molecule has 0 saturated heterocycles. The molecule has 0 fully saturated rings. The molecule has 0 atom stereocenters. The van der Waals surface area contributed by atoms with Gasteiger partial charge < -0.3 is 5.11 Å². The first-order valence-corrected chi connectivity index (χ1v) is 5.91. The number of aromatic nitrogens is 1. The van der Waals surface area contributed by atoms with Crippen LogP contribution in [0.5, 0.6) is 0 Å². The van der Waals surface area contributed by atoms with Crippen molar-refractivity contribution in [3.05, 3.63) is 53.9 Å². The minimum atomic E-state index is -1.00. The van der Waals surface area contributed by atoms with Gasteiger partial charge >= 0.3 is 5.97 Å². The minimum absolute atomic E-state index is 0.0728. The fraction of sp³-hybridized carbons (Fsp3) is 0.0769. The lowest BCUT2D eigenvalue weighted by Gasteiger charge is -2.05. The zero-order valence-corrected chi connectivity index (χ0v) is 10.1. The van der Waals surface area contributed by atoms with E-state index in [9.17, 15) is 4.79 Å². The Morgan fingerprint density at radius 3 is 2.76 bits per heavy atom. The molecule has 1 aromatic carbocycles. The minimum Gasteiger partial charge on any atom is -0.477 e. The van der Waals surface area contributed by atoms with Crippen LogP contribution in [0.2, 0.25) is 0 Å². The van der Waals surface area contributed by atoms with E-state index in [0.717, 1.165) is 9.79 Å². The van der Waals surface area contributed by atoms with E-state index in [4.69, 9.17) is 5.11 Å². The standard InChI is InChI=1S/C13H11NO2S/c1-9-4-2-3-5-12(9)17-10-6-7-14-11(8-10)13(15)16/h2-8H,1H3,(H,15,16). The summed E-state index contributed by atoms with van der Waals surface area (Å²) in [4.78, 5) is 16.6. The van der Waals surface area contributed by atoms with E-state index in [-0.39, 0.29) is 5.69 Å². The second-order valence-electron chi connectivity index (χ2n) is 3.55. The predicted octanol–water partition coefficient (Wildman–Crippen LogP) is 3.24. The van der Waals surface area contributed by atoms with Gasteiger partial charge in [0.05, 0.1) is 0 Å². The molecule has 0 radical (unpaired) electrons. The first-order chi connectivity index (χ1) is 8.16. The maximum Gasteiger partial charge on any atom is 0.354 e. The monoisotopic (exact) mass is 245 g/mol. The van der Waals surface area contributed by atoms with Gasteiger partial charge in [0.2, 0.25) is 0 Å². The van der Waals surface area contributed by atoms with Crippen LogP contribution in [-0.2, 0) is 0 Å². The molecule has 1 aromatic heterocycles. The summed E-state index contributed by atoms with van der Waals surface area (Å²) in [6.45, 7) is 2.03. The van der Waals surface area contributed by atoms with Crippen LogP contribution in [0.4, 0.5) is 0 Å². The van der Waals surface area contributed by atoms with Gasteiger partial charge in [0.25, 0.3) is 0 Å². The van der Waals surface area contributed by atoms with Crippen LogP contribution in [0.3, 0.4) is 0 Å². The highest BCUT2D eigenvalue weighted by Crippen LogP contribution is 2.29. The quantitative estimate of drug-likeness (QED) is 0.901. The maximum atomic E-state index is 10.8. The van der Waals surface area contributed by atoms with Crippen LogP contribution >= 0.6 is 11.8 Å². The molecule has 3 nitrogen and oxygen atoms in total. The van der Waals surface area contributed by atoms with Crippen LogP contribution < -0.4 is 0 Å². The highest BCUT2D eigenvalue weighted by molar-refractivity contribution is 7.99. The molecule has 0 amide bonds. The molecule has 0 bridgehead atoms. The van der Waals surface area contributed by atoms with Crippen molar-refractivity contribution >= 4 is 17.7 Å². The second kappa shape index (κ2) is 5.01. The van der Waals surface area contributed by atoms with Crippen molar-refractivity contribution in [2.45, 2.75) is 16.7 Å². The molecule has 86 valence electrons. The average molecular weight is 245 g/mol. The Bertz CT molecular complexity index is 555. The van der Waals surface area contributed by atoms with Crippen molar-refractivity contribution in [3.8, 4) is 0 Å². The lowest BCUT2D eigenvalue weighted by atomic mass is 10.2. The number of hydrogen-bond acceptors (Lipinski definition) is 3. The number of nitrogens with zero attached hydrogens (tertiary/aromatic N) is 1. The van der Waals surface area contributed by atoms with Crippen molar-refractivity contribution in [2.75, 3.05) is 0 Å². The Morgan fingerprint density at radius 2 is 2.06 bits per heavy atom. The highest BCUT2D eigenvalue weighted by Gasteiger charge is 2.06. The number of rotatable bonds is 3. The van der Waals surface area contributed by atoms with E-state index in [1.165, 1.54) is 11.8 Å². The summed E-state index contributed by atoms with van der Waals surface area (Å²) in [5, 5.41) is 8.86. The number of aromatic carboxylic acids is 1. The van der Waals surface area contributed by atoms with Gasteiger partial charge in [-0.15, -0.1) is 0 Å². The molecule has 2 rings (SSSR count). The zero-order valence-electron chi connectivity index (χ0n) is 9.25. The van der Waals surface area contributed by atoms with Crippen molar-refractivity contribution < 1.29 is 9.90 Å². The first kappa shape index (κ1) is 11.7. The molecule has 4 heteroatoms. The van der Waals surface area contributed by atoms with Crippen LogP contribution in [0.25, 0.3) is 0 Å². The molecule has 0 aliphatic carbocycles. The van der Waals surface area contributed by atoms with Gasteiger partial charge in [0.15, 0.2) is 0 Å². The Hall–Kier alpha value is -1.81. The molecule has 0 aliphatic rings. The molecule has 0 unspecified atom stereocenters. The fourth-order valence-electron chi connectivity index (χ4n) is 1.39. The smallest absolute Gasteiger partial charge is 0.354 e. The van der Waals surface area contributed by atoms with Gasteiger partial charge in [-0.2, -0.15) is 0 Å². The Labute approximate surface area is 104 Å². The molecule has 0 aliphatic heterocycles. The number of aryl methyl sites for hydroxylation is 1. The van der Waals surface area contributed by atoms with Gasteiger partial charge in [0.1, 0.15) is 5.69 Å². The third-order valence-corrected chi connectivity index (χ3v) is 3.44. The van der Waals surface area contributed by atoms with E-state index >= 15 is 0 Å². The summed E-state index contributed by atoms with van der Waals surface area (Å²) in [5.74, 6) is -1.00. The largest absolute Gasteiger partial charge is 0.477 e. The molecule has 0 spiro atoms. The molecular formula is C13H11NO2S. The van der Waals surface area contributed by atoms with Crippen molar-refractivity contribution in [1.29, 1.82) is 0 Å². The van der Waals surface area contributed by atoms with E-state index < -0.39 is 5.97 Å². The average Bonchev–Trinajstić information content (AvgIpc) is 2.32. The number of carbonyl (C=O) groups is 1. The van der Waals surface area contributed by atoms with Gasteiger partial charge in [-0.1, -0.05) is 30.0 Å². The summed E-state index contributed by atoms with van der Waals surface area (Å²) in [6, 6.07) is 11.4. The zero-order chi connectivity index (χ0) is 12.3. The van der Waals surface area contributed by atoms with Gasteiger partial charge in [-0.3, -0.25) is 0 Å². The maximum absolute atomic E-state index is 10.8. The third-order valence-electron chi connectivity index (χ3n) is 2.27. The third kappa shape index (κ3) is 2.85. The lowest BCUT2D eigenvalue weighted by molar-refractivity contribution is 0.0690. The molecule has 17 heavy (non-hydrogen) atoms. The second-order valence-corrected chi connectivity index (χ2v) is 4.66. The summed E-state index contributed by atoms with van der Waals surface area (Å²) >= 11 is 1.54. The van der Waals surface area contributed by atoms with Crippen LogP contribution in [0.15, 0.2) is 52.4 Å². The summed E-state index contributed by atoms with van der Waals surface area (Å²) in [7, 11) is 0. The number of pyridine rings is 1. The van der Waals surface area contributed by atoms with E-state index in [1.54, 1.807) is 17.8 Å². The summed E-state index contributed by atoms with van der Waals surface area (Å²) < 4.78 is 0.